The van der Waals surface area contributed by atoms with E-state index in [4.69, 9.17) is 9.47 Å². The van der Waals surface area contributed by atoms with Crippen LogP contribution < -0.4 is 5.32 Å². The van der Waals surface area contributed by atoms with Gasteiger partial charge in [-0.2, -0.15) is 0 Å². The zero-order chi connectivity index (χ0) is 13.0. The van der Waals surface area contributed by atoms with Crippen molar-refractivity contribution in [3.63, 3.8) is 0 Å². The Hall–Kier alpha value is -1.55. The minimum atomic E-state index is -0.296. The van der Waals surface area contributed by atoms with E-state index in [0.29, 0.717) is 11.6 Å². The minimum Gasteiger partial charge on any atom is -0.465 e. The van der Waals surface area contributed by atoms with Crippen LogP contribution in [0.1, 0.15) is 28.8 Å². The molecule has 18 heavy (non-hydrogen) atoms. The van der Waals surface area contributed by atoms with Crippen molar-refractivity contribution in [2.75, 3.05) is 25.6 Å². The fraction of sp³-hybridized carbons (Fsp3) is 0.500. The van der Waals surface area contributed by atoms with Gasteiger partial charge in [0.1, 0.15) is 0 Å². The predicted octanol–water partition coefficient (Wildman–Crippen LogP) is 2.37. The first-order valence-corrected chi connectivity index (χ1v) is 6.24. The van der Waals surface area contributed by atoms with Gasteiger partial charge in [0.15, 0.2) is 0 Å². The summed E-state index contributed by atoms with van der Waals surface area (Å²) in [5.74, 6) is -0.296. The zero-order valence-electron chi connectivity index (χ0n) is 10.9. The van der Waals surface area contributed by atoms with Gasteiger partial charge >= 0.3 is 5.97 Å². The average Bonchev–Trinajstić information content (AvgIpc) is 2.41. The highest BCUT2D eigenvalue weighted by Crippen LogP contribution is 2.20. The molecule has 0 atom stereocenters. The van der Waals surface area contributed by atoms with E-state index in [-0.39, 0.29) is 5.97 Å². The lowest BCUT2D eigenvalue weighted by molar-refractivity contribution is 0.0600. The van der Waals surface area contributed by atoms with E-state index in [1.807, 2.05) is 19.1 Å². The summed E-state index contributed by atoms with van der Waals surface area (Å²) in [6, 6.07) is 6.05. The summed E-state index contributed by atoms with van der Waals surface area (Å²) in [7, 11) is 1.39. The number of esters is 1. The lowest BCUT2D eigenvalue weighted by Crippen LogP contribution is -2.28. The van der Waals surface area contributed by atoms with E-state index >= 15 is 0 Å². The van der Waals surface area contributed by atoms with Crippen molar-refractivity contribution in [3.8, 4) is 0 Å². The van der Waals surface area contributed by atoms with Crippen LogP contribution in [-0.2, 0) is 9.47 Å². The van der Waals surface area contributed by atoms with E-state index in [1.54, 1.807) is 6.07 Å². The van der Waals surface area contributed by atoms with Crippen LogP contribution in [0.2, 0.25) is 0 Å². The lowest BCUT2D eigenvalue weighted by Gasteiger charge is -2.25. The third-order valence-corrected chi connectivity index (χ3v) is 3.23. The van der Waals surface area contributed by atoms with Crippen molar-refractivity contribution in [2.45, 2.75) is 25.8 Å². The maximum Gasteiger partial charge on any atom is 0.337 e. The highest BCUT2D eigenvalue weighted by atomic mass is 16.5. The Bertz CT molecular complexity index is 425. The molecule has 1 heterocycles. The van der Waals surface area contributed by atoms with Crippen molar-refractivity contribution < 1.29 is 14.3 Å². The van der Waals surface area contributed by atoms with Gasteiger partial charge in [-0.25, -0.2) is 4.79 Å². The second-order valence-electron chi connectivity index (χ2n) is 4.55. The largest absolute Gasteiger partial charge is 0.465 e. The number of benzene rings is 1. The Morgan fingerprint density at radius 1 is 1.39 bits per heavy atom. The van der Waals surface area contributed by atoms with Gasteiger partial charge in [-0.1, -0.05) is 0 Å². The minimum absolute atomic E-state index is 0.296. The molecule has 1 saturated heterocycles. The first-order chi connectivity index (χ1) is 8.70. The molecule has 2 rings (SSSR count). The molecule has 1 aliphatic rings. The fourth-order valence-corrected chi connectivity index (χ4v) is 2.13. The number of ether oxygens (including phenoxy) is 2. The van der Waals surface area contributed by atoms with Gasteiger partial charge in [-0.15, -0.1) is 0 Å². The van der Waals surface area contributed by atoms with Crippen LogP contribution in [0.25, 0.3) is 0 Å². The van der Waals surface area contributed by atoms with Gasteiger partial charge < -0.3 is 14.8 Å². The Labute approximate surface area is 107 Å². The average molecular weight is 249 g/mol. The first-order valence-electron chi connectivity index (χ1n) is 6.24. The highest BCUT2D eigenvalue weighted by Gasteiger charge is 2.15. The molecule has 4 nitrogen and oxygen atoms in total. The van der Waals surface area contributed by atoms with E-state index in [0.717, 1.165) is 37.3 Å². The summed E-state index contributed by atoms with van der Waals surface area (Å²) in [6.07, 6.45) is 2.05. The fourth-order valence-electron chi connectivity index (χ4n) is 2.13. The molecule has 0 unspecified atom stereocenters. The van der Waals surface area contributed by atoms with Crippen LogP contribution in [0.15, 0.2) is 18.2 Å². The van der Waals surface area contributed by atoms with Gasteiger partial charge in [0.2, 0.25) is 0 Å². The maximum absolute atomic E-state index is 11.4. The third kappa shape index (κ3) is 3.01. The van der Waals surface area contributed by atoms with E-state index in [2.05, 4.69) is 5.32 Å². The van der Waals surface area contributed by atoms with E-state index in [1.165, 1.54) is 7.11 Å². The molecular formula is C14H19NO3. The van der Waals surface area contributed by atoms with Crippen LogP contribution >= 0.6 is 0 Å². The van der Waals surface area contributed by atoms with Crippen molar-refractivity contribution in [1.82, 2.24) is 0 Å². The van der Waals surface area contributed by atoms with Crippen molar-refractivity contribution >= 4 is 11.7 Å². The molecule has 0 bridgehead atoms. The summed E-state index contributed by atoms with van der Waals surface area (Å²) in [6.45, 7) is 3.63. The Kier molecular flexibility index (Phi) is 4.20. The van der Waals surface area contributed by atoms with Crippen molar-refractivity contribution in [1.29, 1.82) is 0 Å². The van der Waals surface area contributed by atoms with Crippen LogP contribution in [0.4, 0.5) is 5.69 Å². The number of aryl methyl sites for hydroxylation is 1. The highest BCUT2D eigenvalue weighted by molar-refractivity contribution is 5.90. The molecular weight excluding hydrogens is 230 g/mol. The number of methoxy groups -OCH3 is 1. The Balaban J connectivity index is 2.07. The number of anilines is 1. The number of nitrogens with one attached hydrogen (secondary N) is 1. The van der Waals surface area contributed by atoms with Gasteiger partial charge in [0, 0.05) is 24.9 Å². The normalized spacial score (nSPS) is 16.3. The molecule has 0 saturated carbocycles. The number of carbonyl (C=O) groups excluding carboxylic acids is 1. The predicted molar refractivity (Wildman–Crippen MR) is 70.0 cm³/mol. The van der Waals surface area contributed by atoms with Gasteiger partial charge in [-0.3, -0.25) is 0 Å². The Morgan fingerprint density at radius 2 is 2.11 bits per heavy atom. The number of hydrogen-bond donors (Lipinski definition) is 1. The molecule has 1 aliphatic heterocycles. The monoisotopic (exact) mass is 249 g/mol. The number of rotatable bonds is 3. The molecule has 1 N–H and O–H groups in total. The maximum atomic E-state index is 11.4. The van der Waals surface area contributed by atoms with Gasteiger partial charge in [-0.05, 0) is 43.5 Å². The standard InChI is InChI=1S/C14H19NO3/c1-10-9-11(14(16)17-2)3-4-13(10)15-12-5-7-18-8-6-12/h3-4,9,12,15H,5-8H2,1-2H3. The van der Waals surface area contributed by atoms with E-state index in [9.17, 15) is 4.79 Å². The van der Waals surface area contributed by atoms with Gasteiger partial charge in [0.25, 0.3) is 0 Å². The number of carbonyl (C=O) groups is 1. The molecule has 1 aromatic rings. The molecule has 0 aromatic heterocycles. The zero-order valence-corrected chi connectivity index (χ0v) is 10.9. The molecule has 1 fully saturated rings. The van der Waals surface area contributed by atoms with E-state index < -0.39 is 0 Å². The van der Waals surface area contributed by atoms with Crippen LogP contribution in [0, 0.1) is 6.92 Å². The second kappa shape index (κ2) is 5.87. The molecule has 98 valence electrons. The second-order valence-corrected chi connectivity index (χ2v) is 4.55. The van der Waals surface area contributed by atoms with Gasteiger partial charge in [0.05, 0.1) is 12.7 Å². The molecule has 0 amide bonds. The summed E-state index contributed by atoms with van der Waals surface area (Å²) >= 11 is 0. The Morgan fingerprint density at radius 3 is 2.72 bits per heavy atom. The van der Waals surface area contributed by atoms with Crippen molar-refractivity contribution in [2.24, 2.45) is 0 Å². The van der Waals surface area contributed by atoms with Crippen LogP contribution in [0.5, 0.6) is 0 Å². The summed E-state index contributed by atoms with van der Waals surface area (Å²) in [5, 5.41) is 3.50. The first kappa shape index (κ1) is 12.9. The topological polar surface area (TPSA) is 47.6 Å². The third-order valence-electron chi connectivity index (χ3n) is 3.23. The quantitative estimate of drug-likeness (QED) is 0.835. The van der Waals surface area contributed by atoms with Crippen LogP contribution in [-0.4, -0.2) is 32.3 Å². The molecule has 0 radical (unpaired) electrons. The molecule has 1 aromatic carbocycles. The van der Waals surface area contributed by atoms with Crippen LogP contribution in [0.3, 0.4) is 0 Å². The molecule has 0 aliphatic carbocycles. The van der Waals surface area contributed by atoms with Crippen molar-refractivity contribution in [3.05, 3.63) is 29.3 Å². The smallest absolute Gasteiger partial charge is 0.337 e. The summed E-state index contributed by atoms with van der Waals surface area (Å²) < 4.78 is 10.0. The molecule has 4 heteroatoms. The number of hydrogen-bond acceptors (Lipinski definition) is 4. The summed E-state index contributed by atoms with van der Waals surface area (Å²) in [4.78, 5) is 11.4. The SMILES string of the molecule is COC(=O)c1ccc(NC2CCOCC2)c(C)c1. The molecule has 0 spiro atoms. The lowest BCUT2D eigenvalue weighted by atomic mass is 10.1. The summed E-state index contributed by atoms with van der Waals surface area (Å²) in [5.41, 5.74) is 2.73.